The summed E-state index contributed by atoms with van der Waals surface area (Å²) in [5.41, 5.74) is 1.42. The Hall–Kier alpha value is -3.47. The summed E-state index contributed by atoms with van der Waals surface area (Å²) in [5.74, 6) is 0.764. The fraction of sp³-hybridized carbons (Fsp3) is 0.0909. The van der Waals surface area contributed by atoms with Crippen LogP contribution in [0, 0.1) is 5.82 Å². The topological polar surface area (TPSA) is 51.2 Å². The van der Waals surface area contributed by atoms with Crippen LogP contribution in [-0.4, -0.2) is 17.4 Å². The predicted octanol–water partition coefficient (Wildman–Crippen LogP) is 4.39. The van der Waals surface area contributed by atoms with Crippen LogP contribution in [0.4, 0.5) is 4.39 Å². The highest BCUT2D eigenvalue weighted by molar-refractivity contribution is 5.91. The summed E-state index contributed by atoms with van der Waals surface area (Å²) >= 11 is 0. The molecule has 3 rings (SSSR count). The molecule has 1 aromatic heterocycles. The maximum Gasteiger partial charge on any atom is 0.244 e. The normalized spacial score (nSPS) is 10.7. The number of nitrogens with one attached hydrogen (secondary N) is 1. The molecule has 5 heteroatoms. The minimum atomic E-state index is -0.355. The number of pyridine rings is 1. The fourth-order valence-corrected chi connectivity index (χ4v) is 2.47. The van der Waals surface area contributed by atoms with Crippen molar-refractivity contribution in [3.63, 3.8) is 0 Å². The van der Waals surface area contributed by atoms with Gasteiger partial charge in [0.05, 0.1) is 6.20 Å². The lowest BCUT2D eigenvalue weighted by Gasteiger charge is -2.07. The number of aromatic nitrogens is 1. The zero-order valence-corrected chi connectivity index (χ0v) is 14.6. The summed E-state index contributed by atoms with van der Waals surface area (Å²) in [7, 11) is 0. The van der Waals surface area contributed by atoms with Crippen LogP contribution in [0.25, 0.3) is 6.08 Å². The van der Waals surface area contributed by atoms with Gasteiger partial charge in [0.1, 0.15) is 17.3 Å². The molecule has 0 atom stereocenters. The molecule has 0 fully saturated rings. The highest BCUT2D eigenvalue weighted by Gasteiger charge is 2.01. The van der Waals surface area contributed by atoms with Gasteiger partial charge in [0.2, 0.25) is 5.91 Å². The van der Waals surface area contributed by atoms with E-state index < -0.39 is 0 Å². The number of hydrogen-bond donors (Lipinski definition) is 1. The third kappa shape index (κ3) is 5.78. The van der Waals surface area contributed by atoms with Crippen LogP contribution < -0.4 is 10.1 Å². The average Bonchev–Trinajstić information content (AvgIpc) is 2.68. The van der Waals surface area contributed by atoms with E-state index in [2.05, 4.69) is 10.3 Å². The molecule has 0 spiro atoms. The van der Waals surface area contributed by atoms with E-state index in [9.17, 15) is 9.18 Å². The first kappa shape index (κ1) is 18.3. The molecule has 136 valence electrons. The van der Waals surface area contributed by atoms with Gasteiger partial charge < -0.3 is 10.1 Å². The summed E-state index contributed by atoms with van der Waals surface area (Å²) < 4.78 is 19.3. The van der Waals surface area contributed by atoms with E-state index in [1.165, 1.54) is 18.2 Å². The molecule has 0 aliphatic heterocycles. The molecule has 1 amide bonds. The molecule has 2 aromatic carbocycles. The van der Waals surface area contributed by atoms with Crippen LogP contribution in [0.15, 0.2) is 79.1 Å². The van der Waals surface area contributed by atoms with Crippen molar-refractivity contribution in [2.75, 3.05) is 6.54 Å². The molecular formula is C22H19FN2O2. The van der Waals surface area contributed by atoms with Gasteiger partial charge in [0, 0.05) is 24.4 Å². The van der Waals surface area contributed by atoms with Gasteiger partial charge in [-0.25, -0.2) is 4.39 Å². The quantitative estimate of drug-likeness (QED) is 0.635. The molecule has 0 saturated heterocycles. The molecule has 4 nitrogen and oxygen atoms in total. The lowest BCUT2D eigenvalue weighted by molar-refractivity contribution is -0.116. The van der Waals surface area contributed by atoms with Crippen LogP contribution in [0.1, 0.15) is 11.1 Å². The number of ether oxygens (including phenoxy) is 1. The Morgan fingerprint density at radius 2 is 1.93 bits per heavy atom. The Morgan fingerprint density at radius 1 is 1.07 bits per heavy atom. The predicted molar refractivity (Wildman–Crippen MR) is 103 cm³/mol. The first-order valence-electron chi connectivity index (χ1n) is 8.58. The number of nitrogens with zero attached hydrogens (tertiary/aromatic N) is 1. The van der Waals surface area contributed by atoms with Crippen molar-refractivity contribution in [3.8, 4) is 11.5 Å². The first-order chi connectivity index (χ1) is 13.2. The maximum absolute atomic E-state index is 13.5. The van der Waals surface area contributed by atoms with E-state index in [0.29, 0.717) is 30.0 Å². The summed E-state index contributed by atoms with van der Waals surface area (Å²) in [6.07, 6.45) is 6.79. The monoisotopic (exact) mass is 362 g/mol. The highest BCUT2D eigenvalue weighted by Crippen LogP contribution is 2.21. The number of amides is 1. The Balaban J connectivity index is 1.49. The zero-order chi connectivity index (χ0) is 18.9. The average molecular weight is 362 g/mol. The molecule has 0 bridgehead atoms. The van der Waals surface area contributed by atoms with Gasteiger partial charge in [-0.2, -0.15) is 0 Å². The van der Waals surface area contributed by atoms with E-state index in [-0.39, 0.29) is 11.7 Å². The summed E-state index contributed by atoms with van der Waals surface area (Å²) in [6.45, 7) is 0.469. The van der Waals surface area contributed by atoms with Crippen LogP contribution in [0.3, 0.4) is 0 Å². The standard InChI is InChI=1S/C22H19FN2O2/c23-21-9-2-1-6-18(21)10-11-22(26)25-14-12-17-5-3-7-19(15-17)27-20-8-4-13-24-16-20/h1-11,13,15-16H,12,14H2,(H,25,26). The second kappa shape index (κ2) is 9.29. The second-order valence-corrected chi connectivity index (χ2v) is 5.83. The third-order valence-electron chi connectivity index (χ3n) is 3.80. The van der Waals surface area contributed by atoms with Crippen molar-refractivity contribution in [2.45, 2.75) is 6.42 Å². The Bertz CT molecular complexity index is 926. The van der Waals surface area contributed by atoms with Crippen LogP contribution in [-0.2, 0) is 11.2 Å². The van der Waals surface area contributed by atoms with Gasteiger partial charge in [-0.05, 0) is 48.4 Å². The highest BCUT2D eigenvalue weighted by atomic mass is 19.1. The van der Waals surface area contributed by atoms with Gasteiger partial charge in [0.15, 0.2) is 0 Å². The Morgan fingerprint density at radius 3 is 2.74 bits per heavy atom. The van der Waals surface area contributed by atoms with E-state index in [1.807, 2.05) is 36.4 Å². The van der Waals surface area contributed by atoms with Gasteiger partial charge >= 0.3 is 0 Å². The van der Waals surface area contributed by atoms with Crippen molar-refractivity contribution in [1.29, 1.82) is 0 Å². The number of halogens is 1. The number of hydrogen-bond acceptors (Lipinski definition) is 3. The lowest BCUT2D eigenvalue weighted by atomic mass is 10.1. The van der Waals surface area contributed by atoms with Crippen molar-refractivity contribution < 1.29 is 13.9 Å². The Kier molecular flexibility index (Phi) is 6.30. The van der Waals surface area contributed by atoms with Crippen molar-refractivity contribution in [2.24, 2.45) is 0 Å². The van der Waals surface area contributed by atoms with Crippen molar-refractivity contribution >= 4 is 12.0 Å². The maximum atomic E-state index is 13.5. The second-order valence-electron chi connectivity index (χ2n) is 5.83. The first-order valence-corrected chi connectivity index (χ1v) is 8.58. The lowest BCUT2D eigenvalue weighted by Crippen LogP contribution is -2.23. The fourth-order valence-electron chi connectivity index (χ4n) is 2.47. The third-order valence-corrected chi connectivity index (χ3v) is 3.80. The summed E-state index contributed by atoms with van der Waals surface area (Å²) in [5, 5.41) is 2.79. The molecule has 0 aliphatic carbocycles. The smallest absolute Gasteiger partial charge is 0.244 e. The van der Waals surface area contributed by atoms with Gasteiger partial charge in [0.25, 0.3) is 0 Å². The SMILES string of the molecule is O=C(C=Cc1ccccc1F)NCCc1cccc(Oc2cccnc2)c1. The van der Waals surface area contributed by atoms with Gasteiger partial charge in [-0.1, -0.05) is 30.3 Å². The number of carbonyl (C=O) groups is 1. The largest absolute Gasteiger partial charge is 0.456 e. The van der Waals surface area contributed by atoms with E-state index in [0.717, 1.165) is 5.56 Å². The minimum absolute atomic E-state index is 0.263. The molecule has 3 aromatic rings. The van der Waals surface area contributed by atoms with E-state index in [1.54, 1.807) is 30.6 Å². The molecule has 0 radical (unpaired) electrons. The van der Waals surface area contributed by atoms with E-state index in [4.69, 9.17) is 4.74 Å². The van der Waals surface area contributed by atoms with Crippen LogP contribution in [0.5, 0.6) is 11.5 Å². The van der Waals surface area contributed by atoms with Crippen LogP contribution >= 0.6 is 0 Å². The molecule has 0 unspecified atom stereocenters. The number of benzene rings is 2. The van der Waals surface area contributed by atoms with Crippen molar-refractivity contribution in [3.05, 3.63) is 96.1 Å². The summed E-state index contributed by atoms with van der Waals surface area (Å²) in [4.78, 5) is 15.9. The summed E-state index contributed by atoms with van der Waals surface area (Å²) in [6, 6.07) is 17.6. The van der Waals surface area contributed by atoms with Gasteiger partial charge in [-0.15, -0.1) is 0 Å². The molecule has 1 heterocycles. The molecule has 0 aliphatic rings. The van der Waals surface area contributed by atoms with Crippen molar-refractivity contribution in [1.82, 2.24) is 10.3 Å². The van der Waals surface area contributed by atoms with E-state index >= 15 is 0 Å². The molecular weight excluding hydrogens is 343 g/mol. The molecule has 0 saturated carbocycles. The minimum Gasteiger partial charge on any atom is -0.456 e. The van der Waals surface area contributed by atoms with Gasteiger partial charge in [-0.3, -0.25) is 9.78 Å². The zero-order valence-electron chi connectivity index (χ0n) is 14.6. The number of rotatable bonds is 7. The molecule has 1 N–H and O–H groups in total. The molecule has 27 heavy (non-hydrogen) atoms. The van der Waals surface area contributed by atoms with Crippen LogP contribution in [0.2, 0.25) is 0 Å². The number of carbonyl (C=O) groups excluding carboxylic acids is 1. The Labute approximate surface area is 157 Å².